The van der Waals surface area contributed by atoms with Gasteiger partial charge in [-0.05, 0) is 36.5 Å². The second-order valence-corrected chi connectivity index (χ2v) is 3.70. The van der Waals surface area contributed by atoms with E-state index in [0.717, 1.165) is 5.56 Å². The molecule has 0 fully saturated rings. The van der Waals surface area contributed by atoms with Gasteiger partial charge in [0.05, 0.1) is 0 Å². The van der Waals surface area contributed by atoms with Crippen LogP contribution < -0.4 is 4.74 Å². The van der Waals surface area contributed by atoms with Crippen molar-refractivity contribution in [2.24, 2.45) is 7.05 Å². The largest absolute Gasteiger partial charge is 0.435 e. The number of hydrogen-bond acceptors (Lipinski definition) is 3. The standard InChI is InChI=1S/C10H9F2N3OS/c1-15-8(13-14-10(15)17)6-2-4-7(5-3-6)16-9(11)12/h2-5,9H,1H3,(H,14,17). The van der Waals surface area contributed by atoms with Gasteiger partial charge < -0.3 is 9.30 Å². The molecule has 0 saturated heterocycles. The van der Waals surface area contributed by atoms with Crippen molar-refractivity contribution in [3.8, 4) is 17.1 Å². The third-order valence-corrected chi connectivity index (χ3v) is 2.58. The van der Waals surface area contributed by atoms with Gasteiger partial charge in [0.25, 0.3) is 0 Å². The molecular formula is C10H9F2N3OS. The summed E-state index contributed by atoms with van der Waals surface area (Å²) in [6.07, 6.45) is 0. The molecule has 1 aromatic carbocycles. The van der Waals surface area contributed by atoms with E-state index in [2.05, 4.69) is 14.9 Å². The first-order valence-corrected chi connectivity index (χ1v) is 5.15. The van der Waals surface area contributed by atoms with Gasteiger partial charge in [-0.15, -0.1) is 0 Å². The first kappa shape index (κ1) is 11.7. The fourth-order valence-electron chi connectivity index (χ4n) is 1.39. The van der Waals surface area contributed by atoms with Crippen LogP contribution in [0.4, 0.5) is 8.78 Å². The molecule has 4 nitrogen and oxygen atoms in total. The van der Waals surface area contributed by atoms with Crippen molar-refractivity contribution < 1.29 is 13.5 Å². The van der Waals surface area contributed by atoms with Crippen molar-refractivity contribution in [2.75, 3.05) is 0 Å². The fraction of sp³-hybridized carbons (Fsp3) is 0.200. The molecule has 2 aromatic rings. The van der Waals surface area contributed by atoms with Gasteiger partial charge in [0, 0.05) is 12.6 Å². The summed E-state index contributed by atoms with van der Waals surface area (Å²) in [4.78, 5) is 0. The van der Waals surface area contributed by atoms with Gasteiger partial charge in [-0.25, -0.2) is 0 Å². The molecule has 0 amide bonds. The summed E-state index contributed by atoms with van der Waals surface area (Å²) in [6.45, 7) is -2.82. The molecular weight excluding hydrogens is 248 g/mol. The van der Waals surface area contributed by atoms with Crippen LogP contribution in [0.3, 0.4) is 0 Å². The Hall–Kier alpha value is -1.76. The lowest BCUT2D eigenvalue weighted by Crippen LogP contribution is -2.01. The summed E-state index contributed by atoms with van der Waals surface area (Å²) < 4.78 is 30.3. The van der Waals surface area contributed by atoms with E-state index in [9.17, 15) is 8.78 Å². The smallest absolute Gasteiger partial charge is 0.387 e. The number of H-pyrrole nitrogens is 1. The maximum absolute atomic E-state index is 12.0. The van der Waals surface area contributed by atoms with Crippen molar-refractivity contribution in [1.82, 2.24) is 14.8 Å². The Morgan fingerprint density at radius 1 is 1.35 bits per heavy atom. The molecule has 7 heteroatoms. The quantitative estimate of drug-likeness (QED) is 0.860. The number of rotatable bonds is 3. The molecule has 0 spiro atoms. The predicted octanol–water partition coefficient (Wildman–Crippen LogP) is 2.75. The second kappa shape index (κ2) is 4.62. The van der Waals surface area contributed by atoms with E-state index in [4.69, 9.17) is 12.2 Å². The Bertz CT molecular complexity index is 562. The van der Waals surface area contributed by atoms with Gasteiger partial charge in [0.15, 0.2) is 10.6 Å². The van der Waals surface area contributed by atoms with E-state index in [-0.39, 0.29) is 5.75 Å². The Balaban J connectivity index is 2.29. The van der Waals surface area contributed by atoms with Crippen LogP contribution in [0.2, 0.25) is 0 Å². The lowest BCUT2D eigenvalue weighted by Gasteiger charge is -2.05. The van der Waals surface area contributed by atoms with Gasteiger partial charge in [0.1, 0.15) is 5.75 Å². The highest BCUT2D eigenvalue weighted by Crippen LogP contribution is 2.21. The zero-order valence-corrected chi connectivity index (χ0v) is 9.67. The highest BCUT2D eigenvalue weighted by molar-refractivity contribution is 7.71. The van der Waals surface area contributed by atoms with Crippen molar-refractivity contribution in [1.29, 1.82) is 0 Å². The molecule has 0 bridgehead atoms. The Kier molecular flexibility index (Phi) is 3.19. The van der Waals surface area contributed by atoms with E-state index in [1.807, 2.05) is 0 Å². The Labute approximate surface area is 101 Å². The molecule has 17 heavy (non-hydrogen) atoms. The van der Waals surface area contributed by atoms with Crippen molar-refractivity contribution in [2.45, 2.75) is 6.61 Å². The SMILES string of the molecule is Cn1c(-c2ccc(OC(F)F)cc2)n[nH]c1=S. The van der Waals surface area contributed by atoms with Crippen molar-refractivity contribution in [3.63, 3.8) is 0 Å². The fourth-order valence-corrected chi connectivity index (χ4v) is 1.52. The zero-order valence-electron chi connectivity index (χ0n) is 8.85. The highest BCUT2D eigenvalue weighted by atomic mass is 32.1. The number of benzene rings is 1. The third-order valence-electron chi connectivity index (χ3n) is 2.22. The molecule has 0 aliphatic carbocycles. The first-order chi connectivity index (χ1) is 8.08. The number of nitrogens with zero attached hydrogens (tertiary/aromatic N) is 2. The molecule has 0 aliphatic heterocycles. The van der Waals surface area contributed by atoms with Gasteiger partial charge in [-0.1, -0.05) is 0 Å². The van der Waals surface area contributed by atoms with Crippen molar-refractivity contribution >= 4 is 12.2 Å². The monoisotopic (exact) mass is 257 g/mol. The van der Waals surface area contributed by atoms with E-state index >= 15 is 0 Å². The molecule has 0 unspecified atom stereocenters. The molecule has 0 aliphatic rings. The van der Waals surface area contributed by atoms with Crippen LogP contribution >= 0.6 is 12.2 Å². The van der Waals surface area contributed by atoms with Gasteiger partial charge in [0.2, 0.25) is 0 Å². The van der Waals surface area contributed by atoms with Gasteiger partial charge in [-0.2, -0.15) is 13.9 Å². The Morgan fingerprint density at radius 3 is 2.47 bits per heavy atom. The van der Waals surface area contributed by atoms with Crippen molar-refractivity contribution in [3.05, 3.63) is 29.0 Å². The van der Waals surface area contributed by atoms with Gasteiger partial charge in [-0.3, -0.25) is 5.10 Å². The average Bonchev–Trinajstić information content (AvgIpc) is 2.60. The molecule has 1 heterocycles. The van der Waals surface area contributed by atoms with Crippen LogP contribution in [0.1, 0.15) is 0 Å². The third kappa shape index (κ3) is 2.50. The Morgan fingerprint density at radius 2 is 2.00 bits per heavy atom. The maximum atomic E-state index is 12.0. The van der Waals surface area contributed by atoms with Crippen LogP contribution in [0.25, 0.3) is 11.4 Å². The summed E-state index contributed by atoms with van der Waals surface area (Å²) in [5, 5.41) is 6.68. The minimum atomic E-state index is -2.82. The lowest BCUT2D eigenvalue weighted by atomic mass is 10.2. The summed E-state index contributed by atoms with van der Waals surface area (Å²) >= 11 is 4.98. The molecule has 1 aromatic heterocycles. The summed E-state index contributed by atoms with van der Waals surface area (Å²) in [6, 6.07) is 6.20. The average molecular weight is 257 g/mol. The number of nitrogens with one attached hydrogen (secondary N) is 1. The van der Waals surface area contributed by atoms with Crippen LogP contribution in [-0.4, -0.2) is 21.4 Å². The van der Waals surface area contributed by atoms with Gasteiger partial charge >= 0.3 is 6.61 Å². The normalized spacial score (nSPS) is 10.8. The molecule has 90 valence electrons. The molecule has 2 rings (SSSR count). The molecule has 0 radical (unpaired) electrons. The highest BCUT2D eigenvalue weighted by Gasteiger charge is 2.07. The summed E-state index contributed by atoms with van der Waals surface area (Å²) in [7, 11) is 1.77. The minimum Gasteiger partial charge on any atom is -0.435 e. The first-order valence-electron chi connectivity index (χ1n) is 4.74. The number of aromatic amines is 1. The minimum absolute atomic E-state index is 0.112. The summed E-state index contributed by atoms with van der Waals surface area (Å²) in [5.41, 5.74) is 0.765. The van der Waals surface area contributed by atoms with Crippen LogP contribution in [-0.2, 0) is 7.05 Å². The van der Waals surface area contributed by atoms with Crippen LogP contribution in [0.15, 0.2) is 24.3 Å². The van der Waals surface area contributed by atoms with Crippen LogP contribution in [0.5, 0.6) is 5.75 Å². The van der Waals surface area contributed by atoms with E-state index in [1.165, 1.54) is 12.1 Å². The zero-order chi connectivity index (χ0) is 12.4. The number of ether oxygens (including phenoxy) is 1. The molecule has 0 saturated carbocycles. The van der Waals surface area contributed by atoms with E-state index < -0.39 is 6.61 Å². The number of halogens is 2. The second-order valence-electron chi connectivity index (χ2n) is 3.31. The maximum Gasteiger partial charge on any atom is 0.387 e. The predicted molar refractivity (Wildman–Crippen MR) is 60.5 cm³/mol. The van der Waals surface area contributed by atoms with E-state index in [0.29, 0.717) is 10.6 Å². The van der Waals surface area contributed by atoms with E-state index in [1.54, 1.807) is 23.7 Å². The number of alkyl halides is 2. The van der Waals surface area contributed by atoms with Crippen LogP contribution in [0, 0.1) is 4.77 Å². The molecule has 0 atom stereocenters. The number of aromatic nitrogens is 3. The molecule has 1 N–H and O–H groups in total. The number of hydrogen-bond donors (Lipinski definition) is 1. The topological polar surface area (TPSA) is 42.8 Å². The lowest BCUT2D eigenvalue weighted by molar-refractivity contribution is -0.0498. The summed E-state index contributed by atoms with van der Waals surface area (Å²) in [5.74, 6) is 0.749.